The minimum absolute atomic E-state index is 0.119. The van der Waals surface area contributed by atoms with Crippen molar-refractivity contribution in [3.63, 3.8) is 0 Å². The molecule has 7 heteroatoms. The minimum Gasteiger partial charge on any atom is -0.493 e. The third-order valence-corrected chi connectivity index (χ3v) is 4.53. The van der Waals surface area contributed by atoms with Crippen LogP contribution in [0.5, 0.6) is 11.5 Å². The van der Waals surface area contributed by atoms with Crippen LogP contribution in [0.1, 0.15) is 16.7 Å². The number of rotatable bonds is 8. The summed E-state index contributed by atoms with van der Waals surface area (Å²) in [5.41, 5.74) is 3.81. The number of carbonyl (C=O) groups is 2. The summed E-state index contributed by atoms with van der Waals surface area (Å²) < 4.78 is 10.5. The number of likely N-dealkylation sites (N-methyl/N-ethyl adjacent to an activating group) is 1. The first kappa shape index (κ1) is 22.2. The number of imide groups is 1. The molecular weight excluding hydrogens is 370 g/mol. The Hall–Kier alpha value is -3.06. The second-order valence-electron chi connectivity index (χ2n) is 7.00. The van der Waals surface area contributed by atoms with Gasteiger partial charge in [0.15, 0.2) is 11.5 Å². The second-order valence-corrected chi connectivity index (χ2v) is 7.00. The lowest BCUT2D eigenvalue weighted by molar-refractivity contribution is -0.120. The van der Waals surface area contributed by atoms with E-state index in [1.807, 2.05) is 62.2 Å². The van der Waals surface area contributed by atoms with Crippen LogP contribution in [-0.4, -0.2) is 51.2 Å². The highest BCUT2D eigenvalue weighted by atomic mass is 16.5. The van der Waals surface area contributed by atoms with Crippen LogP contribution in [-0.2, 0) is 11.2 Å². The highest BCUT2D eigenvalue weighted by Gasteiger charge is 2.12. The molecule has 0 saturated carbocycles. The maximum Gasteiger partial charge on any atom is 0.325 e. The number of anilines is 1. The maximum absolute atomic E-state index is 12.1. The summed E-state index contributed by atoms with van der Waals surface area (Å²) in [4.78, 5) is 26.1. The van der Waals surface area contributed by atoms with E-state index < -0.39 is 6.03 Å². The molecule has 2 aromatic carbocycles. The highest BCUT2D eigenvalue weighted by Crippen LogP contribution is 2.27. The number of benzene rings is 2. The molecule has 0 aliphatic heterocycles. The lowest BCUT2D eigenvalue weighted by Gasteiger charge is -2.17. The molecule has 0 saturated heterocycles. The summed E-state index contributed by atoms with van der Waals surface area (Å²) in [6.07, 6.45) is 0.735. The number of ether oxygens (including phenoxy) is 2. The molecule has 0 spiro atoms. The van der Waals surface area contributed by atoms with Gasteiger partial charge in [0.1, 0.15) is 0 Å². The molecule has 0 radical (unpaired) electrons. The summed E-state index contributed by atoms with van der Waals surface area (Å²) in [5, 5.41) is 5.07. The summed E-state index contributed by atoms with van der Waals surface area (Å²) in [6, 6.07) is 10.9. The SMILES string of the molecule is COc1ccc(CCN(C)CC(=O)NC(=O)Nc2ccc(C)cc2C)cc1OC. The van der Waals surface area contributed by atoms with Gasteiger partial charge >= 0.3 is 6.03 Å². The van der Waals surface area contributed by atoms with Gasteiger partial charge in [-0.25, -0.2) is 4.79 Å². The molecule has 0 aliphatic rings. The summed E-state index contributed by atoms with van der Waals surface area (Å²) in [6.45, 7) is 4.67. The van der Waals surface area contributed by atoms with Gasteiger partial charge in [-0.2, -0.15) is 0 Å². The van der Waals surface area contributed by atoms with Crippen LogP contribution in [0.2, 0.25) is 0 Å². The Kier molecular flexibility index (Phi) is 8.03. The van der Waals surface area contributed by atoms with Crippen molar-refractivity contribution in [3.8, 4) is 11.5 Å². The summed E-state index contributed by atoms with van der Waals surface area (Å²) >= 11 is 0. The molecule has 2 N–H and O–H groups in total. The van der Waals surface area contributed by atoms with Gasteiger partial charge in [-0.15, -0.1) is 0 Å². The van der Waals surface area contributed by atoms with Crippen LogP contribution >= 0.6 is 0 Å². The van der Waals surface area contributed by atoms with E-state index in [0.717, 1.165) is 23.1 Å². The summed E-state index contributed by atoms with van der Waals surface area (Å²) in [5.74, 6) is 0.995. The number of methoxy groups -OCH3 is 2. The van der Waals surface area contributed by atoms with Gasteiger partial charge in [0.2, 0.25) is 5.91 Å². The monoisotopic (exact) mass is 399 g/mol. The number of nitrogens with zero attached hydrogens (tertiary/aromatic N) is 1. The number of urea groups is 1. The lowest BCUT2D eigenvalue weighted by atomic mass is 10.1. The van der Waals surface area contributed by atoms with E-state index in [0.29, 0.717) is 23.7 Å². The molecule has 0 bridgehead atoms. The van der Waals surface area contributed by atoms with Crippen molar-refractivity contribution >= 4 is 17.6 Å². The smallest absolute Gasteiger partial charge is 0.325 e. The van der Waals surface area contributed by atoms with Crippen LogP contribution in [0.4, 0.5) is 10.5 Å². The van der Waals surface area contributed by atoms with Crippen molar-refractivity contribution in [2.75, 3.05) is 39.7 Å². The number of aryl methyl sites for hydroxylation is 2. The Morgan fingerprint density at radius 1 is 1.00 bits per heavy atom. The van der Waals surface area contributed by atoms with E-state index in [1.165, 1.54) is 0 Å². The largest absolute Gasteiger partial charge is 0.493 e. The number of hydrogen-bond donors (Lipinski definition) is 2. The number of nitrogens with one attached hydrogen (secondary N) is 2. The van der Waals surface area contributed by atoms with Crippen LogP contribution in [0.15, 0.2) is 36.4 Å². The van der Waals surface area contributed by atoms with Crippen LogP contribution in [0.25, 0.3) is 0 Å². The van der Waals surface area contributed by atoms with E-state index in [9.17, 15) is 9.59 Å². The van der Waals surface area contributed by atoms with Gasteiger partial charge in [-0.3, -0.25) is 15.0 Å². The first-order chi connectivity index (χ1) is 13.8. The Morgan fingerprint density at radius 3 is 2.38 bits per heavy atom. The normalized spacial score (nSPS) is 10.6. The molecule has 0 fully saturated rings. The lowest BCUT2D eigenvalue weighted by Crippen LogP contribution is -2.41. The van der Waals surface area contributed by atoms with Gasteiger partial charge in [0.05, 0.1) is 20.8 Å². The molecular formula is C22H29N3O4. The van der Waals surface area contributed by atoms with Gasteiger partial charge in [0, 0.05) is 12.2 Å². The molecule has 0 heterocycles. The fourth-order valence-electron chi connectivity index (χ4n) is 2.95. The molecule has 0 aromatic heterocycles. The minimum atomic E-state index is -0.532. The Morgan fingerprint density at radius 2 is 1.72 bits per heavy atom. The van der Waals surface area contributed by atoms with Crippen molar-refractivity contribution in [1.82, 2.24) is 10.2 Å². The van der Waals surface area contributed by atoms with Crippen molar-refractivity contribution in [3.05, 3.63) is 53.1 Å². The zero-order valence-corrected chi connectivity index (χ0v) is 17.7. The molecule has 7 nitrogen and oxygen atoms in total. The van der Waals surface area contributed by atoms with Crippen LogP contribution in [0, 0.1) is 13.8 Å². The number of amides is 3. The Bertz CT molecular complexity index is 867. The molecule has 0 atom stereocenters. The number of hydrogen-bond acceptors (Lipinski definition) is 5. The molecule has 2 rings (SSSR count). The standard InChI is InChI=1S/C22H29N3O4/c1-15-6-8-18(16(2)12-15)23-22(27)24-21(26)14-25(3)11-10-17-7-9-19(28-4)20(13-17)29-5/h6-9,12-13H,10-11,14H2,1-5H3,(H2,23,24,26,27). The molecule has 2 aromatic rings. The fraction of sp³-hybridized carbons (Fsp3) is 0.364. The van der Waals surface area contributed by atoms with Crippen molar-refractivity contribution in [1.29, 1.82) is 0 Å². The van der Waals surface area contributed by atoms with Crippen molar-refractivity contribution < 1.29 is 19.1 Å². The van der Waals surface area contributed by atoms with E-state index in [4.69, 9.17) is 9.47 Å². The molecule has 29 heavy (non-hydrogen) atoms. The van der Waals surface area contributed by atoms with Gasteiger partial charge < -0.3 is 14.8 Å². The Labute approximate surface area is 172 Å². The quantitative estimate of drug-likeness (QED) is 0.713. The maximum atomic E-state index is 12.1. The molecule has 0 aliphatic carbocycles. The first-order valence-corrected chi connectivity index (χ1v) is 9.40. The van der Waals surface area contributed by atoms with E-state index in [2.05, 4.69) is 10.6 Å². The third-order valence-electron chi connectivity index (χ3n) is 4.53. The van der Waals surface area contributed by atoms with Crippen molar-refractivity contribution in [2.45, 2.75) is 20.3 Å². The van der Waals surface area contributed by atoms with Gasteiger partial charge in [-0.1, -0.05) is 23.8 Å². The first-order valence-electron chi connectivity index (χ1n) is 9.40. The topological polar surface area (TPSA) is 79.9 Å². The van der Waals surface area contributed by atoms with E-state index in [-0.39, 0.29) is 12.5 Å². The fourth-order valence-corrected chi connectivity index (χ4v) is 2.95. The Balaban J connectivity index is 1.80. The van der Waals surface area contributed by atoms with Crippen LogP contribution < -0.4 is 20.1 Å². The zero-order chi connectivity index (χ0) is 21.4. The van der Waals surface area contributed by atoms with E-state index >= 15 is 0 Å². The molecule has 156 valence electrons. The van der Waals surface area contributed by atoms with Crippen molar-refractivity contribution in [2.24, 2.45) is 0 Å². The molecule has 0 unspecified atom stereocenters. The number of carbonyl (C=O) groups excluding carboxylic acids is 2. The van der Waals surface area contributed by atoms with Gasteiger partial charge in [0.25, 0.3) is 0 Å². The molecule has 3 amide bonds. The average molecular weight is 399 g/mol. The predicted molar refractivity (Wildman–Crippen MR) is 114 cm³/mol. The summed E-state index contributed by atoms with van der Waals surface area (Å²) in [7, 11) is 5.03. The predicted octanol–water partition coefficient (Wildman–Crippen LogP) is 3.14. The van der Waals surface area contributed by atoms with Crippen LogP contribution in [0.3, 0.4) is 0 Å². The van der Waals surface area contributed by atoms with Gasteiger partial charge in [-0.05, 0) is 56.6 Å². The average Bonchev–Trinajstić information content (AvgIpc) is 2.68. The van der Waals surface area contributed by atoms with E-state index in [1.54, 1.807) is 14.2 Å². The zero-order valence-electron chi connectivity index (χ0n) is 17.7. The highest BCUT2D eigenvalue weighted by molar-refractivity contribution is 6.02. The second kappa shape index (κ2) is 10.5. The third kappa shape index (κ3) is 6.80.